The molecule has 7 nitrogen and oxygen atoms in total. The number of morpholine rings is 1. The van der Waals surface area contributed by atoms with Gasteiger partial charge in [-0.1, -0.05) is 0 Å². The molecule has 2 amide bonds. The predicted molar refractivity (Wildman–Crippen MR) is 108 cm³/mol. The summed E-state index contributed by atoms with van der Waals surface area (Å²) in [4.78, 5) is 24.5. The van der Waals surface area contributed by atoms with Crippen molar-refractivity contribution in [2.24, 2.45) is 0 Å². The van der Waals surface area contributed by atoms with Crippen molar-refractivity contribution in [3.63, 3.8) is 0 Å². The Morgan fingerprint density at radius 1 is 1.07 bits per heavy atom. The topological polar surface area (TPSA) is 88.7 Å². The van der Waals surface area contributed by atoms with E-state index in [9.17, 15) is 9.59 Å². The molecule has 0 saturated carbocycles. The highest BCUT2D eigenvalue weighted by molar-refractivity contribution is 6.04. The van der Waals surface area contributed by atoms with Gasteiger partial charge < -0.3 is 25.4 Å². The van der Waals surface area contributed by atoms with E-state index in [0.29, 0.717) is 43.2 Å². The van der Waals surface area contributed by atoms with E-state index in [2.05, 4.69) is 16.0 Å². The fourth-order valence-electron chi connectivity index (χ4n) is 2.90. The summed E-state index contributed by atoms with van der Waals surface area (Å²) in [5.74, 6) is 0.454. The zero-order chi connectivity index (χ0) is 19.8. The molecule has 0 radical (unpaired) electrons. The first-order valence-corrected chi connectivity index (χ1v) is 9.39. The molecule has 1 unspecified atom stereocenters. The summed E-state index contributed by atoms with van der Waals surface area (Å²) in [6.45, 7) is 4.50. The average Bonchev–Trinajstić information content (AvgIpc) is 2.71. The van der Waals surface area contributed by atoms with Crippen LogP contribution in [0.4, 0.5) is 11.4 Å². The first-order valence-electron chi connectivity index (χ1n) is 9.39. The number of hydrogen-bond donors (Lipinski definition) is 3. The van der Waals surface area contributed by atoms with Crippen LogP contribution < -0.4 is 20.7 Å². The van der Waals surface area contributed by atoms with Gasteiger partial charge in [0.25, 0.3) is 5.91 Å². The molecule has 3 rings (SSSR count). The van der Waals surface area contributed by atoms with Gasteiger partial charge in [-0.3, -0.25) is 9.59 Å². The number of carbonyl (C=O) groups excluding carboxylic acids is 2. The average molecular weight is 383 g/mol. The Bertz CT molecular complexity index is 784. The quantitative estimate of drug-likeness (QED) is 0.684. The van der Waals surface area contributed by atoms with Gasteiger partial charge in [0.1, 0.15) is 5.75 Å². The number of benzene rings is 2. The summed E-state index contributed by atoms with van der Waals surface area (Å²) in [5, 5.41) is 8.93. The van der Waals surface area contributed by atoms with Gasteiger partial charge in [-0.15, -0.1) is 0 Å². The van der Waals surface area contributed by atoms with Crippen LogP contribution in [0, 0.1) is 0 Å². The van der Waals surface area contributed by atoms with Crippen LogP contribution in [-0.4, -0.2) is 44.2 Å². The molecular weight excluding hydrogens is 358 g/mol. The van der Waals surface area contributed by atoms with E-state index in [4.69, 9.17) is 9.47 Å². The minimum atomic E-state index is -0.217. The van der Waals surface area contributed by atoms with Crippen molar-refractivity contribution >= 4 is 23.2 Å². The minimum absolute atomic E-state index is 0.0351. The second kappa shape index (κ2) is 9.87. The molecule has 148 valence electrons. The third-order valence-electron chi connectivity index (χ3n) is 4.28. The van der Waals surface area contributed by atoms with E-state index in [-0.39, 0.29) is 17.9 Å². The summed E-state index contributed by atoms with van der Waals surface area (Å²) in [7, 11) is 0. The number of carbonyl (C=O) groups is 2. The molecule has 1 saturated heterocycles. The molecule has 1 aliphatic rings. The molecule has 0 aliphatic carbocycles. The van der Waals surface area contributed by atoms with E-state index in [1.54, 1.807) is 36.4 Å². The maximum Gasteiger partial charge on any atom is 0.255 e. The lowest BCUT2D eigenvalue weighted by Gasteiger charge is -2.23. The van der Waals surface area contributed by atoms with Crippen molar-refractivity contribution in [3.05, 3.63) is 54.1 Å². The van der Waals surface area contributed by atoms with Crippen LogP contribution in [0.3, 0.4) is 0 Å². The van der Waals surface area contributed by atoms with E-state index in [1.165, 1.54) is 0 Å². The minimum Gasteiger partial charge on any atom is -0.494 e. The molecule has 3 N–H and O–H groups in total. The van der Waals surface area contributed by atoms with E-state index in [0.717, 1.165) is 12.3 Å². The van der Waals surface area contributed by atoms with Crippen LogP contribution in [0.15, 0.2) is 48.5 Å². The molecule has 1 heterocycles. The highest BCUT2D eigenvalue weighted by Gasteiger charge is 2.17. The van der Waals surface area contributed by atoms with Gasteiger partial charge in [0, 0.05) is 35.9 Å². The molecule has 1 fully saturated rings. The zero-order valence-electron chi connectivity index (χ0n) is 15.9. The highest BCUT2D eigenvalue weighted by atomic mass is 16.5. The van der Waals surface area contributed by atoms with Crippen LogP contribution in [0.25, 0.3) is 0 Å². The molecule has 2 aromatic rings. The van der Waals surface area contributed by atoms with Gasteiger partial charge in [-0.25, -0.2) is 0 Å². The summed E-state index contributed by atoms with van der Waals surface area (Å²) >= 11 is 0. The van der Waals surface area contributed by atoms with Gasteiger partial charge in [0.2, 0.25) is 5.91 Å². The Balaban J connectivity index is 1.51. The molecule has 28 heavy (non-hydrogen) atoms. The van der Waals surface area contributed by atoms with Crippen LogP contribution in [-0.2, 0) is 9.53 Å². The summed E-state index contributed by atoms with van der Waals surface area (Å²) in [6.07, 6.45) is 0.347. The van der Waals surface area contributed by atoms with Gasteiger partial charge in [0.05, 0.1) is 19.8 Å². The van der Waals surface area contributed by atoms with Gasteiger partial charge in [0.15, 0.2) is 0 Å². The first kappa shape index (κ1) is 19.9. The van der Waals surface area contributed by atoms with Gasteiger partial charge >= 0.3 is 0 Å². The van der Waals surface area contributed by atoms with E-state index >= 15 is 0 Å². The van der Waals surface area contributed by atoms with Crippen LogP contribution in [0.5, 0.6) is 5.75 Å². The number of ether oxygens (including phenoxy) is 2. The number of anilines is 2. The maximum atomic E-state index is 12.4. The Hall–Kier alpha value is -2.90. The Labute approximate surface area is 164 Å². The van der Waals surface area contributed by atoms with Crippen LogP contribution in [0.1, 0.15) is 23.7 Å². The fourth-order valence-corrected chi connectivity index (χ4v) is 2.90. The SMILES string of the molecule is CCOc1ccc(NC(=O)c2ccc(NC(=O)CC3COCCN3)cc2)cc1. The summed E-state index contributed by atoms with van der Waals surface area (Å²) in [6, 6.07) is 14.0. The highest BCUT2D eigenvalue weighted by Crippen LogP contribution is 2.17. The lowest BCUT2D eigenvalue weighted by Crippen LogP contribution is -2.43. The molecule has 7 heteroatoms. The van der Waals surface area contributed by atoms with Crippen molar-refractivity contribution in [1.29, 1.82) is 0 Å². The maximum absolute atomic E-state index is 12.4. The molecule has 1 atom stereocenters. The third-order valence-corrected chi connectivity index (χ3v) is 4.28. The lowest BCUT2D eigenvalue weighted by atomic mass is 10.1. The molecule has 2 aromatic carbocycles. The number of hydrogen-bond acceptors (Lipinski definition) is 5. The van der Waals surface area contributed by atoms with Crippen molar-refractivity contribution in [2.45, 2.75) is 19.4 Å². The lowest BCUT2D eigenvalue weighted by molar-refractivity contribution is -0.117. The summed E-state index contributed by atoms with van der Waals surface area (Å²) in [5.41, 5.74) is 1.85. The monoisotopic (exact) mass is 383 g/mol. The largest absolute Gasteiger partial charge is 0.494 e. The zero-order valence-corrected chi connectivity index (χ0v) is 15.9. The van der Waals surface area contributed by atoms with Crippen molar-refractivity contribution < 1.29 is 19.1 Å². The van der Waals surface area contributed by atoms with E-state index < -0.39 is 0 Å². The Kier molecular flexibility index (Phi) is 7.00. The van der Waals surface area contributed by atoms with Crippen molar-refractivity contribution in [1.82, 2.24) is 5.32 Å². The first-order chi connectivity index (χ1) is 13.6. The molecule has 0 bridgehead atoms. The van der Waals surface area contributed by atoms with Gasteiger partial charge in [-0.05, 0) is 55.5 Å². The van der Waals surface area contributed by atoms with Gasteiger partial charge in [-0.2, -0.15) is 0 Å². The standard InChI is InChI=1S/C21H25N3O4/c1-2-28-19-9-7-17(8-10-19)24-21(26)15-3-5-16(6-4-15)23-20(25)13-18-14-27-12-11-22-18/h3-10,18,22H,2,11-14H2,1H3,(H,23,25)(H,24,26). The molecular formula is C21H25N3O4. The summed E-state index contributed by atoms with van der Waals surface area (Å²) < 4.78 is 10.7. The Morgan fingerprint density at radius 2 is 1.75 bits per heavy atom. The fraction of sp³-hybridized carbons (Fsp3) is 0.333. The third kappa shape index (κ3) is 5.80. The smallest absolute Gasteiger partial charge is 0.255 e. The van der Waals surface area contributed by atoms with Crippen molar-refractivity contribution in [2.75, 3.05) is 37.0 Å². The number of amides is 2. The molecule has 1 aliphatic heterocycles. The van der Waals surface area contributed by atoms with Crippen LogP contribution in [0.2, 0.25) is 0 Å². The van der Waals surface area contributed by atoms with E-state index in [1.807, 2.05) is 19.1 Å². The Morgan fingerprint density at radius 3 is 2.39 bits per heavy atom. The number of rotatable bonds is 7. The molecule has 0 spiro atoms. The second-order valence-corrected chi connectivity index (χ2v) is 6.47. The molecule has 0 aromatic heterocycles. The van der Waals surface area contributed by atoms with Crippen molar-refractivity contribution in [3.8, 4) is 5.75 Å². The second-order valence-electron chi connectivity index (χ2n) is 6.47. The number of nitrogens with one attached hydrogen (secondary N) is 3. The normalized spacial score (nSPS) is 16.2. The predicted octanol–water partition coefficient (Wildman–Crippen LogP) is 2.65. The van der Waals surface area contributed by atoms with Crippen LogP contribution >= 0.6 is 0 Å².